The lowest BCUT2D eigenvalue weighted by Gasteiger charge is -2.21. The Balaban J connectivity index is 2.66. The maximum Gasteiger partial charge on any atom is 0.224 e. The molecule has 0 unspecified atom stereocenters. The average Bonchev–Trinajstić information content (AvgIpc) is 2.68. The minimum Gasteiger partial charge on any atom is -0.308 e. The first-order chi connectivity index (χ1) is 8.86. The lowest BCUT2D eigenvalue weighted by Crippen LogP contribution is -2.28. The zero-order valence-electron chi connectivity index (χ0n) is 12.2. The van der Waals surface area contributed by atoms with Crippen molar-refractivity contribution in [2.75, 3.05) is 11.4 Å². The number of amides is 1. The molecule has 0 N–H and O–H groups in total. The lowest BCUT2D eigenvalue weighted by atomic mass is 10.1. The summed E-state index contributed by atoms with van der Waals surface area (Å²) in [5, 5.41) is 1.35. The van der Waals surface area contributed by atoms with Gasteiger partial charge in [-0.1, -0.05) is 55.7 Å². The van der Waals surface area contributed by atoms with Gasteiger partial charge in [0, 0.05) is 12.5 Å². The molecule has 0 fully saturated rings. The van der Waals surface area contributed by atoms with Crippen LogP contribution in [0.3, 0.4) is 0 Å². The number of carbonyl (C=O) groups excluding carboxylic acids is 1. The standard InChI is InChI=1S/C16H21NOSi/c1-6-16(19(3,4)5)14-11-17(12(2)18)15-10-8-7-9-13(14)15/h6-10H,1,11H2,2-5H3/b16-14+. The minimum atomic E-state index is -1.46. The van der Waals surface area contributed by atoms with Gasteiger partial charge in [0.1, 0.15) is 0 Å². The Morgan fingerprint density at radius 2 is 1.95 bits per heavy atom. The van der Waals surface area contributed by atoms with Crippen molar-refractivity contribution in [2.24, 2.45) is 0 Å². The average molecular weight is 271 g/mol. The fraction of sp³-hybridized carbons (Fsp3) is 0.312. The van der Waals surface area contributed by atoms with E-state index in [1.807, 2.05) is 29.2 Å². The summed E-state index contributed by atoms with van der Waals surface area (Å²) in [5.41, 5.74) is 3.50. The monoisotopic (exact) mass is 271 g/mol. The molecule has 1 aromatic rings. The lowest BCUT2D eigenvalue weighted by molar-refractivity contribution is -0.116. The quantitative estimate of drug-likeness (QED) is 0.748. The number of anilines is 1. The van der Waals surface area contributed by atoms with E-state index in [0.717, 1.165) is 5.69 Å². The van der Waals surface area contributed by atoms with Crippen LogP contribution in [0.2, 0.25) is 19.6 Å². The molecule has 0 aliphatic carbocycles. The van der Waals surface area contributed by atoms with Crippen molar-refractivity contribution >= 4 is 25.2 Å². The second-order valence-corrected chi connectivity index (χ2v) is 11.0. The molecule has 0 saturated heterocycles. The van der Waals surface area contributed by atoms with E-state index in [1.54, 1.807) is 6.92 Å². The van der Waals surface area contributed by atoms with Gasteiger partial charge in [-0.05, 0) is 11.6 Å². The predicted molar refractivity (Wildman–Crippen MR) is 84.9 cm³/mol. The SMILES string of the molecule is C=C/C(=C1/CN(C(C)=O)c2ccccc21)[Si](C)(C)C. The highest BCUT2D eigenvalue weighted by Crippen LogP contribution is 2.39. The summed E-state index contributed by atoms with van der Waals surface area (Å²) in [6.45, 7) is 13.2. The third kappa shape index (κ3) is 2.43. The molecule has 2 rings (SSSR count). The summed E-state index contributed by atoms with van der Waals surface area (Å²) in [6.07, 6.45) is 1.99. The maximum absolute atomic E-state index is 11.8. The number of fused-ring (bicyclic) bond motifs is 1. The first-order valence-electron chi connectivity index (χ1n) is 6.60. The second kappa shape index (κ2) is 4.81. The summed E-state index contributed by atoms with van der Waals surface area (Å²) in [4.78, 5) is 13.7. The van der Waals surface area contributed by atoms with Crippen LogP contribution in [0.15, 0.2) is 42.1 Å². The van der Waals surface area contributed by atoms with Crippen LogP contribution < -0.4 is 4.90 Å². The number of allylic oxidation sites excluding steroid dienone is 2. The highest BCUT2D eigenvalue weighted by Gasteiger charge is 2.30. The molecule has 2 nitrogen and oxygen atoms in total. The molecule has 0 atom stereocenters. The number of carbonyl (C=O) groups is 1. The Morgan fingerprint density at radius 3 is 2.47 bits per heavy atom. The molecular formula is C16H21NOSi. The van der Waals surface area contributed by atoms with Crippen molar-refractivity contribution in [3.63, 3.8) is 0 Å². The summed E-state index contributed by atoms with van der Waals surface area (Å²) in [6, 6.07) is 8.15. The van der Waals surface area contributed by atoms with Crippen LogP contribution in [0.5, 0.6) is 0 Å². The minimum absolute atomic E-state index is 0.0986. The van der Waals surface area contributed by atoms with E-state index in [-0.39, 0.29) is 5.91 Å². The Morgan fingerprint density at radius 1 is 1.32 bits per heavy atom. The molecule has 0 spiro atoms. The van der Waals surface area contributed by atoms with Crippen LogP contribution in [0.25, 0.3) is 5.57 Å². The molecule has 1 aliphatic rings. The van der Waals surface area contributed by atoms with Crippen molar-refractivity contribution in [1.82, 2.24) is 0 Å². The van der Waals surface area contributed by atoms with Gasteiger partial charge < -0.3 is 4.90 Å². The molecule has 1 aromatic carbocycles. The van der Waals surface area contributed by atoms with Crippen molar-refractivity contribution in [1.29, 1.82) is 0 Å². The Bertz CT molecular complexity index is 566. The van der Waals surface area contributed by atoms with Gasteiger partial charge in [-0.2, -0.15) is 0 Å². The Hall–Kier alpha value is -1.61. The fourth-order valence-corrected chi connectivity index (χ4v) is 4.42. The van der Waals surface area contributed by atoms with Crippen LogP contribution in [0.4, 0.5) is 5.69 Å². The number of para-hydroxylation sites is 1. The van der Waals surface area contributed by atoms with E-state index in [4.69, 9.17) is 0 Å². The van der Waals surface area contributed by atoms with Crippen molar-refractivity contribution in [2.45, 2.75) is 26.6 Å². The van der Waals surface area contributed by atoms with Gasteiger partial charge in [-0.15, -0.1) is 0 Å². The Kier molecular flexibility index (Phi) is 3.50. The summed E-state index contributed by atoms with van der Waals surface area (Å²) in [7, 11) is -1.46. The van der Waals surface area contributed by atoms with Gasteiger partial charge in [-0.3, -0.25) is 4.79 Å². The van der Waals surface area contributed by atoms with Crippen LogP contribution in [0, 0.1) is 0 Å². The van der Waals surface area contributed by atoms with Gasteiger partial charge in [0.25, 0.3) is 0 Å². The highest BCUT2D eigenvalue weighted by molar-refractivity contribution is 6.84. The first kappa shape index (κ1) is 13.8. The molecule has 0 aromatic heterocycles. The van der Waals surface area contributed by atoms with Gasteiger partial charge in [0.05, 0.1) is 20.3 Å². The van der Waals surface area contributed by atoms with Crippen LogP contribution in [-0.2, 0) is 4.79 Å². The highest BCUT2D eigenvalue weighted by atomic mass is 28.3. The van der Waals surface area contributed by atoms with Gasteiger partial charge in [-0.25, -0.2) is 0 Å². The topological polar surface area (TPSA) is 20.3 Å². The fourth-order valence-electron chi connectivity index (χ4n) is 2.69. The van der Waals surface area contributed by atoms with Crippen molar-refractivity contribution in [3.8, 4) is 0 Å². The third-order valence-electron chi connectivity index (χ3n) is 3.55. The van der Waals surface area contributed by atoms with E-state index in [2.05, 4.69) is 32.3 Å². The van der Waals surface area contributed by atoms with E-state index in [9.17, 15) is 4.79 Å². The van der Waals surface area contributed by atoms with Gasteiger partial charge >= 0.3 is 0 Å². The molecule has 100 valence electrons. The molecule has 1 amide bonds. The number of hydrogen-bond acceptors (Lipinski definition) is 1. The predicted octanol–water partition coefficient (Wildman–Crippen LogP) is 3.87. The van der Waals surface area contributed by atoms with Crippen molar-refractivity contribution < 1.29 is 4.79 Å². The number of hydrogen-bond donors (Lipinski definition) is 0. The molecular weight excluding hydrogens is 250 g/mol. The summed E-state index contributed by atoms with van der Waals surface area (Å²) in [5.74, 6) is 0.0986. The van der Waals surface area contributed by atoms with Crippen LogP contribution in [0.1, 0.15) is 12.5 Å². The van der Waals surface area contributed by atoms with Gasteiger partial charge in [0.2, 0.25) is 5.91 Å². The zero-order valence-corrected chi connectivity index (χ0v) is 13.2. The van der Waals surface area contributed by atoms with E-state index in [1.165, 1.54) is 16.3 Å². The molecule has 0 bridgehead atoms. The Labute approximate surface area is 116 Å². The van der Waals surface area contributed by atoms with E-state index < -0.39 is 8.07 Å². The molecule has 3 heteroatoms. The number of benzene rings is 1. The number of nitrogens with zero attached hydrogens (tertiary/aromatic N) is 1. The van der Waals surface area contributed by atoms with Crippen molar-refractivity contribution in [3.05, 3.63) is 47.7 Å². The molecule has 0 saturated carbocycles. The smallest absolute Gasteiger partial charge is 0.224 e. The molecule has 0 radical (unpaired) electrons. The third-order valence-corrected chi connectivity index (χ3v) is 5.68. The molecule has 1 heterocycles. The normalized spacial score (nSPS) is 17.2. The van der Waals surface area contributed by atoms with Crippen LogP contribution >= 0.6 is 0 Å². The zero-order chi connectivity index (χ0) is 14.2. The van der Waals surface area contributed by atoms with Crippen LogP contribution in [-0.4, -0.2) is 20.5 Å². The molecule has 1 aliphatic heterocycles. The molecule has 19 heavy (non-hydrogen) atoms. The van der Waals surface area contributed by atoms with Gasteiger partial charge in [0.15, 0.2) is 0 Å². The van der Waals surface area contributed by atoms with E-state index >= 15 is 0 Å². The first-order valence-corrected chi connectivity index (χ1v) is 10.1. The summed E-state index contributed by atoms with van der Waals surface area (Å²) >= 11 is 0. The summed E-state index contributed by atoms with van der Waals surface area (Å²) < 4.78 is 0. The second-order valence-electron chi connectivity index (χ2n) is 5.97. The number of rotatable bonds is 2. The maximum atomic E-state index is 11.8. The van der Waals surface area contributed by atoms with E-state index in [0.29, 0.717) is 6.54 Å². The largest absolute Gasteiger partial charge is 0.308 e.